The van der Waals surface area contributed by atoms with Gasteiger partial charge in [-0.3, -0.25) is 0 Å². The second kappa shape index (κ2) is 2.13. The fourth-order valence-electron chi connectivity index (χ4n) is 2.37. The number of hydrogen-bond acceptors (Lipinski definition) is 1. The number of hydrogen-bond donors (Lipinski definition) is 1. The Hall–Kier alpha value is -0.720. The molecule has 0 saturated heterocycles. The number of nitrogens with two attached hydrogens (primary N) is 1. The van der Waals surface area contributed by atoms with Crippen molar-refractivity contribution >= 4 is 0 Å². The summed E-state index contributed by atoms with van der Waals surface area (Å²) in [7, 11) is 0. The van der Waals surface area contributed by atoms with E-state index in [2.05, 4.69) is 6.58 Å². The van der Waals surface area contributed by atoms with E-state index < -0.39 is 0 Å². The normalized spacial score (nSPS) is 28.0. The van der Waals surface area contributed by atoms with Gasteiger partial charge in [0, 0.05) is 5.70 Å². The standard InChI is InChI=1S/C10H15N/c1-8-5-9(11)7-10(6-8)3-2-4-10/h5H,1-4,6-7,11H2. The zero-order valence-electron chi connectivity index (χ0n) is 6.90. The molecule has 11 heavy (non-hydrogen) atoms. The van der Waals surface area contributed by atoms with Crippen molar-refractivity contribution in [2.45, 2.75) is 32.1 Å². The molecule has 0 radical (unpaired) electrons. The molecule has 0 bridgehead atoms. The lowest BCUT2D eigenvalue weighted by Gasteiger charge is -2.44. The lowest BCUT2D eigenvalue weighted by Crippen LogP contribution is -2.33. The largest absolute Gasteiger partial charge is 0.402 e. The summed E-state index contributed by atoms with van der Waals surface area (Å²) in [4.78, 5) is 0. The van der Waals surface area contributed by atoms with Crippen molar-refractivity contribution in [3.63, 3.8) is 0 Å². The molecule has 0 aliphatic heterocycles. The van der Waals surface area contributed by atoms with Gasteiger partial charge in [-0.15, -0.1) is 0 Å². The van der Waals surface area contributed by atoms with Gasteiger partial charge in [-0.1, -0.05) is 18.6 Å². The molecule has 2 rings (SSSR count). The quantitative estimate of drug-likeness (QED) is 0.562. The molecule has 0 heterocycles. The van der Waals surface area contributed by atoms with Gasteiger partial charge in [0.2, 0.25) is 0 Å². The van der Waals surface area contributed by atoms with Crippen molar-refractivity contribution < 1.29 is 0 Å². The molecule has 0 aromatic carbocycles. The molecule has 1 heteroatoms. The van der Waals surface area contributed by atoms with Crippen LogP contribution in [0.4, 0.5) is 0 Å². The molecule has 2 N–H and O–H groups in total. The van der Waals surface area contributed by atoms with Crippen molar-refractivity contribution in [3.8, 4) is 0 Å². The van der Waals surface area contributed by atoms with Crippen LogP contribution >= 0.6 is 0 Å². The van der Waals surface area contributed by atoms with Crippen molar-refractivity contribution in [3.05, 3.63) is 23.9 Å². The first kappa shape index (κ1) is 6.96. The first-order valence-electron chi connectivity index (χ1n) is 4.34. The average molecular weight is 149 g/mol. The third-order valence-electron chi connectivity index (χ3n) is 2.98. The Balaban J connectivity index is 2.18. The van der Waals surface area contributed by atoms with E-state index in [1.54, 1.807) is 0 Å². The molecule has 0 amide bonds. The summed E-state index contributed by atoms with van der Waals surface area (Å²) >= 11 is 0. The molecule has 1 spiro atoms. The Labute approximate surface area is 68.0 Å². The van der Waals surface area contributed by atoms with Crippen LogP contribution in [0.5, 0.6) is 0 Å². The zero-order valence-corrected chi connectivity index (χ0v) is 6.90. The van der Waals surface area contributed by atoms with Gasteiger partial charge >= 0.3 is 0 Å². The monoisotopic (exact) mass is 149 g/mol. The summed E-state index contributed by atoms with van der Waals surface area (Å²) < 4.78 is 0. The fraction of sp³-hybridized carbons (Fsp3) is 0.600. The topological polar surface area (TPSA) is 26.0 Å². The van der Waals surface area contributed by atoms with Crippen molar-refractivity contribution in [1.82, 2.24) is 0 Å². The minimum absolute atomic E-state index is 0.552. The lowest BCUT2D eigenvalue weighted by molar-refractivity contribution is 0.129. The molecule has 1 nitrogen and oxygen atoms in total. The molecule has 0 aromatic rings. The SMILES string of the molecule is C=C1C=C(N)CC2(CCC2)C1. The zero-order chi connectivity index (χ0) is 7.90. The predicted molar refractivity (Wildman–Crippen MR) is 46.9 cm³/mol. The second-order valence-electron chi connectivity index (χ2n) is 4.08. The summed E-state index contributed by atoms with van der Waals surface area (Å²) in [6.45, 7) is 3.99. The first-order valence-corrected chi connectivity index (χ1v) is 4.34. The highest BCUT2D eigenvalue weighted by atomic mass is 14.6. The molecule has 0 atom stereocenters. The summed E-state index contributed by atoms with van der Waals surface area (Å²) in [5, 5.41) is 0. The van der Waals surface area contributed by atoms with Crippen LogP contribution in [0.15, 0.2) is 23.9 Å². The first-order chi connectivity index (χ1) is 5.20. The van der Waals surface area contributed by atoms with Gasteiger partial charge in [-0.25, -0.2) is 0 Å². The van der Waals surface area contributed by atoms with Crippen LogP contribution in [0.25, 0.3) is 0 Å². The molecule has 0 aromatic heterocycles. The van der Waals surface area contributed by atoms with Gasteiger partial charge in [0.1, 0.15) is 0 Å². The highest BCUT2D eigenvalue weighted by Gasteiger charge is 2.38. The van der Waals surface area contributed by atoms with E-state index in [0.29, 0.717) is 5.41 Å². The molecule has 2 aliphatic carbocycles. The smallest absolute Gasteiger partial charge is 0.00887 e. The minimum Gasteiger partial charge on any atom is -0.402 e. The Morgan fingerprint density at radius 1 is 1.36 bits per heavy atom. The van der Waals surface area contributed by atoms with Crippen LogP contribution in [0.2, 0.25) is 0 Å². The Morgan fingerprint density at radius 2 is 2.09 bits per heavy atom. The lowest BCUT2D eigenvalue weighted by atomic mass is 9.61. The van der Waals surface area contributed by atoms with E-state index in [4.69, 9.17) is 5.73 Å². The van der Waals surface area contributed by atoms with E-state index in [9.17, 15) is 0 Å². The van der Waals surface area contributed by atoms with Crippen LogP contribution in [-0.4, -0.2) is 0 Å². The van der Waals surface area contributed by atoms with Crippen molar-refractivity contribution in [2.24, 2.45) is 11.1 Å². The van der Waals surface area contributed by atoms with Gasteiger partial charge in [-0.2, -0.15) is 0 Å². The maximum Gasteiger partial charge on any atom is 0.00887 e. The summed E-state index contributed by atoms with van der Waals surface area (Å²) in [5.41, 5.74) is 8.63. The van der Waals surface area contributed by atoms with Gasteiger partial charge in [0.25, 0.3) is 0 Å². The van der Waals surface area contributed by atoms with Gasteiger partial charge in [-0.05, 0) is 37.2 Å². The van der Waals surface area contributed by atoms with Gasteiger partial charge < -0.3 is 5.73 Å². The highest BCUT2D eigenvalue weighted by molar-refractivity contribution is 5.27. The summed E-state index contributed by atoms with van der Waals surface area (Å²) in [5.74, 6) is 0. The van der Waals surface area contributed by atoms with E-state index in [1.807, 2.05) is 6.08 Å². The second-order valence-corrected chi connectivity index (χ2v) is 4.08. The highest BCUT2D eigenvalue weighted by Crippen LogP contribution is 2.51. The third-order valence-corrected chi connectivity index (χ3v) is 2.98. The van der Waals surface area contributed by atoms with E-state index in [0.717, 1.165) is 12.1 Å². The van der Waals surface area contributed by atoms with Crippen LogP contribution in [0.3, 0.4) is 0 Å². The Morgan fingerprint density at radius 3 is 2.55 bits per heavy atom. The number of rotatable bonds is 0. The van der Waals surface area contributed by atoms with Crippen LogP contribution < -0.4 is 5.73 Å². The molecule has 2 aliphatic rings. The summed E-state index contributed by atoms with van der Waals surface area (Å²) in [6, 6.07) is 0. The predicted octanol–water partition coefficient (Wildman–Crippen LogP) is 2.35. The Kier molecular flexibility index (Phi) is 1.35. The minimum atomic E-state index is 0.552. The molecular weight excluding hydrogens is 134 g/mol. The average Bonchev–Trinajstić information content (AvgIpc) is 1.82. The Bertz CT molecular complexity index is 221. The van der Waals surface area contributed by atoms with E-state index in [1.165, 1.54) is 31.3 Å². The summed E-state index contributed by atoms with van der Waals surface area (Å²) in [6.07, 6.45) is 8.46. The molecular formula is C10H15N. The molecule has 60 valence electrons. The third kappa shape index (κ3) is 1.09. The van der Waals surface area contributed by atoms with Crippen LogP contribution in [-0.2, 0) is 0 Å². The molecule has 1 saturated carbocycles. The molecule has 0 unspecified atom stereocenters. The fourth-order valence-corrected chi connectivity index (χ4v) is 2.37. The van der Waals surface area contributed by atoms with Gasteiger partial charge in [0.15, 0.2) is 0 Å². The van der Waals surface area contributed by atoms with E-state index >= 15 is 0 Å². The maximum absolute atomic E-state index is 5.81. The van der Waals surface area contributed by atoms with Crippen molar-refractivity contribution in [2.75, 3.05) is 0 Å². The number of allylic oxidation sites excluding steroid dienone is 3. The maximum atomic E-state index is 5.81. The molecule has 1 fully saturated rings. The van der Waals surface area contributed by atoms with Crippen LogP contribution in [0, 0.1) is 5.41 Å². The van der Waals surface area contributed by atoms with Crippen molar-refractivity contribution in [1.29, 1.82) is 0 Å². The van der Waals surface area contributed by atoms with Crippen LogP contribution in [0.1, 0.15) is 32.1 Å². The van der Waals surface area contributed by atoms with Gasteiger partial charge in [0.05, 0.1) is 0 Å². The van der Waals surface area contributed by atoms with E-state index in [-0.39, 0.29) is 0 Å².